The molecule has 4 rings (SSSR count). The average Bonchev–Trinajstić information content (AvgIpc) is 2.51. The quantitative estimate of drug-likeness (QED) is 0.252. The van der Waals surface area contributed by atoms with Crippen molar-refractivity contribution in [1.29, 1.82) is 0 Å². The standard InChI is InChI=1S/C18H12O5/c19-8-1-2-9-10(3-8)12-5-16(21)18(23)7-14(12)13-6-17(22)15(20)4-11(9)13/h1-7,19-23H. The van der Waals surface area contributed by atoms with Gasteiger partial charge in [-0.05, 0) is 68.7 Å². The van der Waals surface area contributed by atoms with Gasteiger partial charge in [-0.15, -0.1) is 0 Å². The van der Waals surface area contributed by atoms with E-state index in [9.17, 15) is 25.5 Å². The number of hydrogen-bond acceptors (Lipinski definition) is 5. The highest BCUT2D eigenvalue weighted by Gasteiger charge is 2.14. The van der Waals surface area contributed by atoms with E-state index >= 15 is 0 Å². The summed E-state index contributed by atoms with van der Waals surface area (Å²) in [5.41, 5.74) is 0. The molecule has 5 heteroatoms. The summed E-state index contributed by atoms with van der Waals surface area (Å²) in [4.78, 5) is 0. The fraction of sp³-hybridized carbons (Fsp3) is 0. The van der Waals surface area contributed by atoms with Crippen LogP contribution < -0.4 is 0 Å². The van der Waals surface area contributed by atoms with Crippen LogP contribution in [0.1, 0.15) is 0 Å². The van der Waals surface area contributed by atoms with Crippen molar-refractivity contribution in [3.63, 3.8) is 0 Å². The second-order valence-electron chi connectivity index (χ2n) is 5.50. The van der Waals surface area contributed by atoms with E-state index < -0.39 is 0 Å². The molecule has 0 amide bonds. The Morgan fingerprint density at radius 2 is 0.739 bits per heavy atom. The van der Waals surface area contributed by atoms with Gasteiger partial charge in [0.15, 0.2) is 23.0 Å². The van der Waals surface area contributed by atoms with Gasteiger partial charge in [0.1, 0.15) is 5.75 Å². The molecule has 0 aromatic heterocycles. The third kappa shape index (κ3) is 1.80. The zero-order valence-electron chi connectivity index (χ0n) is 11.8. The first-order valence-electron chi connectivity index (χ1n) is 6.92. The fourth-order valence-electron chi connectivity index (χ4n) is 3.03. The van der Waals surface area contributed by atoms with Crippen molar-refractivity contribution in [3.05, 3.63) is 42.5 Å². The Labute approximate surface area is 129 Å². The molecule has 0 bridgehead atoms. The van der Waals surface area contributed by atoms with Crippen molar-refractivity contribution in [1.82, 2.24) is 0 Å². The summed E-state index contributed by atoms with van der Waals surface area (Å²) >= 11 is 0. The Morgan fingerprint density at radius 3 is 1.17 bits per heavy atom. The van der Waals surface area contributed by atoms with Gasteiger partial charge in [-0.25, -0.2) is 0 Å². The van der Waals surface area contributed by atoms with E-state index in [0.29, 0.717) is 26.9 Å². The van der Waals surface area contributed by atoms with Crippen LogP contribution in [0.2, 0.25) is 0 Å². The van der Waals surface area contributed by atoms with E-state index in [2.05, 4.69) is 0 Å². The predicted octanol–water partition coefficient (Wildman–Crippen LogP) is 3.67. The molecular weight excluding hydrogens is 296 g/mol. The van der Waals surface area contributed by atoms with E-state index in [1.807, 2.05) is 0 Å². The molecule has 4 aromatic carbocycles. The smallest absolute Gasteiger partial charge is 0.158 e. The summed E-state index contributed by atoms with van der Waals surface area (Å²) in [7, 11) is 0. The van der Waals surface area contributed by atoms with Crippen molar-refractivity contribution in [2.24, 2.45) is 0 Å². The minimum atomic E-state index is -0.286. The molecule has 0 saturated heterocycles. The third-order valence-corrected chi connectivity index (χ3v) is 4.10. The van der Waals surface area contributed by atoms with Crippen LogP contribution in [0.25, 0.3) is 32.3 Å². The minimum absolute atomic E-state index is 0.0636. The van der Waals surface area contributed by atoms with Crippen LogP contribution in [0.4, 0.5) is 0 Å². The van der Waals surface area contributed by atoms with Crippen molar-refractivity contribution in [2.45, 2.75) is 0 Å². The van der Waals surface area contributed by atoms with Crippen molar-refractivity contribution in [3.8, 4) is 28.7 Å². The van der Waals surface area contributed by atoms with E-state index in [1.54, 1.807) is 12.1 Å². The van der Waals surface area contributed by atoms with Crippen LogP contribution in [0.5, 0.6) is 28.7 Å². The molecule has 0 saturated carbocycles. The molecule has 0 heterocycles. The van der Waals surface area contributed by atoms with Gasteiger partial charge in [-0.1, -0.05) is 6.07 Å². The number of hydrogen-bond donors (Lipinski definition) is 5. The normalized spacial score (nSPS) is 11.5. The molecule has 0 spiro atoms. The fourth-order valence-corrected chi connectivity index (χ4v) is 3.03. The Bertz CT molecular complexity index is 1080. The van der Waals surface area contributed by atoms with Gasteiger partial charge < -0.3 is 25.5 Å². The first-order valence-corrected chi connectivity index (χ1v) is 6.92. The van der Waals surface area contributed by atoms with Gasteiger partial charge in [-0.3, -0.25) is 0 Å². The summed E-state index contributed by atoms with van der Waals surface area (Å²) in [6, 6.07) is 10.4. The first-order chi connectivity index (χ1) is 11.0. The molecule has 4 aromatic rings. The molecule has 0 unspecified atom stereocenters. The monoisotopic (exact) mass is 308 g/mol. The molecule has 0 fully saturated rings. The highest BCUT2D eigenvalue weighted by molar-refractivity contribution is 6.26. The number of phenolic OH excluding ortho intramolecular Hbond substituents is 5. The van der Waals surface area contributed by atoms with Gasteiger partial charge in [0.2, 0.25) is 0 Å². The largest absolute Gasteiger partial charge is 0.508 e. The lowest BCUT2D eigenvalue weighted by atomic mass is 9.93. The van der Waals surface area contributed by atoms with Gasteiger partial charge in [0.05, 0.1) is 0 Å². The van der Waals surface area contributed by atoms with Crippen LogP contribution in [0, 0.1) is 0 Å². The molecule has 0 aliphatic heterocycles. The van der Waals surface area contributed by atoms with Crippen molar-refractivity contribution < 1.29 is 25.5 Å². The summed E-state index contributed by atoms with van der Waals surface area (Å²) in [6.45, 7) is 0. The average molecular weight is 308 g/mol. The maximum Gasteiger partial charge on any atom is 0.158 e. The molecular formula is C18H12O5. The van der Waals surface area contributed by atoms with Gasteiger partial charge in [0, 0.05) is 0 Å². The molecule has 0 aliphatic rings. The number of aromatic hydroxyl groups is 5. The maximum absolute atomic E-state index is 9.82. The molecule has 0 aliphatic carbocycles. The molecule has 5 N–H and O–H groups in total. The topological polar surface area (TPSA) is 101 Å². The molecule has 114 valence electrons. The van der Waals surface area contributed by atoms with Crippen LogP contribution in [0.15, 0.2) is 42.5 Å². The Morgan fingerprint density at radius 1 is 0.391 bits per heavy atom. The molecule has 0 radical (unpaired) electrons. The lowest BCUT2D eigenvalue weighted by Crippen LogP contribution is -1.84. The van der Waals surface area contributed by atoms with E-state index in [0.717, 1.165) is 5.39 Å². The van der Waals surface area contributed by atoms with Crippen LogP contribution in [-0.2, 0) is 0 Å². The summed E-state index contributed by atoms with van der Waals surface area (Å²) < 4.78 is 0. The van der Waals surface area contributed by atoms with E-state index in [4.69, 9.17) is 0 Å². The first kappa shape index (κ1) is 13.3. The van der Waals surface area contributed by atoms with Crippen LogP contribution in [-0.4, -0.2) is 25.5 Å². The maximum atomic E-state index is 9.82. The zero-order valence-corrected chi connectivity index (χ0v) is 11.8. The Kier molecular flexibility index (Phi) is 2.51. The summed E-state index contributed by atoms with van der Waals surface area (Å²) in [5, 5.41) is 52.9. The van der Waals surface area contributed by atoms with Gasteiger partial charge in [0.25, 0.3) is 0 Å². The number of benzene rings is 4. The van der Waals surface area contributed by atoms with Crippen LogP contribution in [0.3, 0.4) is 0 Å². The lowest BCUT2D eigenvalue weighted by Gasteiger charge is -2.12. The highest BCUT2D eigenvalue weighted by atomic mass is 16.3. The number of fused-ring (bicyclic) bond motifs is 6. The highest BCUT2D eigenvalue weighted by Crippen LogP contribution is 2.43. The van der Waals surface area contributed by atoms with Crippen molar-refractivity contribution >= 4 is 32.3 Å². The Balaban J connectivity index is 2.39. The van der Waals surface area contributed by atoms with E-state index in [1.165, 1.54) is 30.3 Å². The third-order valence-electron chi connectivity index (χ3n) is 4.10. The van der Waals surface area contributed by atoms with Gasteiger partial charge in [-0.2, -0.15) is 0 Å². The zero-order chi connectivity index (χ0) is 16.3. The molecule has 0 atom stereocenters. The minimum Gasteiger partial charge on any atom is -0.508 e. The number of rotatable bonds is 0. The SMILES string of the molecule is Oc1ccc2c(c1)c1cc(O)c(O)cc1c1cc(O)c(O)cc21. The summed E-state index contributed by atoms with van der Waals surface area (Å²) in [5.74, 6) is -1.03. The van der Waals surface area contributed by atoms with Gasteiger partial charge >= 0.3 is 0 Å². The number of phenols is 5. The van der Waals surface area contributed by atoms with E-state index in [-0.39, 0.29) is 28.7 Å². The predicted molar refractivity (Wildman–Crippen MR) is 87.3 cm³/mol. The molecule has 5 nitrogen and oxygen atoms in total. The second-order valence-corrected chi connectivity index (χ2v) is 5.50. The van der Waals surface area contributed by atoms with Crippen LogP contribution >= 0.6 is 0 Å². The lowest BCUT2D eigenvalue weighted by molar-refractivity contribution is 0.404. The van der Waals surface area contributed by atoms with Crippen molar-refractivity contribution in [2.75, 3.05) is 0 Å². The molecule has 23 heavy (non-hydrogen) atoms. The Hall–Kier alpha value is -3.34. The summed E-state index contributed by atoms with van der Waals surface area (Å²) in [6.07, 6.45) is 0. The second kappa shape index (κ2) is 4.33.